The summed E-state index contributed by atoms with van der Waals surface area (Å²) in [4.78, 5) is 11.0. The number of carboxylic acid groups (broad SMARTS) is 1. The number of ether oxygens (including phenoxy) is 3. The summed E-state index contributed by atoms with van der Waals surface area (Å²) < 4.78 is 31.7. The minimum atomic E-state index is -0.832. The van der Waals surface area contributed by atoms with Gasteiger partial charge in [0.05, 0.1) is 20.1 Å². The number of carbonyl (C=O) groups is 1. The molecule has 0 fully saturated rings. The van der Waals surface area contributed by atoms with E-state index in [2.05, 4.69) is 0 Å². The largest absolute Gasteiger partial charge is 0.497 e. The molecule has 0 saturated carbocycles. The van der Waals surface area contributed by atoms with Crippen molar-refractivity contribution in [1.29, 1.82) is 0 Å². The van der Waals surface area contributed by atoms with Gasteiger partial charge in [0.1, 0.15) is 29.7 Å². The fourth-order valence-electron chi connectivity index (χ4n) is 3.51. The minimum Gasteiger partial charge on any atom is -0.497 e. The normalized spacial score (nSPS) is 11.6. The van der Waals surface area contributed by atoms with Crippen LogP contribution >= 0.6 is 0 Å². The van der Waals surface area contributed by atoms with E-state index in [-0.39, 0.29) is 18.2 Å². The van der Waals surface area contributed by atoms with Gasteiger partial charge in [-0.05, 0) is 59.9 Å². The molecule has 6 heteroatoms. The SMILES string of the molecule is CCCOc1cc(COc2cccc([C@@H](C)CC(=O)O)c2)ccc1-c1cc(OC)ccc1F. The topological polar surface area (TPSA) is 65.0 Å². The summed E-state index contributed by atoms with van der Waals surface area (Å²) in [5.41, 5.74) is 2.84. The van der Waals surface area contributed by atoms with Crippen LogP contribution in [0.3, 0.4) is 0 Å². The quantitative estimate of drug-likeness (QED) is 0.362. The highest BCUT2D eigenvalue weighted by molar-refractivity contribution is 5.72. The molecule has 0 saturated heterocycles. The van der Waals surface area contributed by atoms with Crippen molar-refractivity contribution in [2.75, 3.05) is 13.7 Å². The number of carboxylic acids is 1. The molecule has 0 aliphatic rings. The van der Waals surface area contributed by atoms with Crippen molar-refractivity contribution in [3.8, 4) is 28.4 Å². The van der Waals surface area contributed by atoms with Crippen molar-refractivity contribution in [2.45, 2.75) is 39.2 Å². The summed E-state index contributed by atoms with van der Waals surface area (Å²) in [6.07, 6.45) is 0.881. The van der Waals surface area contributed by atoms with E-state index in [1.54, 1.807) is 19.2 Å². The molecule has 3 rings (SSSR count). The smallest absolute Gasteiger partial charge is 0.303 e. The summed E-state index contributed by atoms with van der Waals surface area (Å²) >= 11 is 0. The van der Waals surface area contributed by atoms with Crippen LogP contribution in [0.2, 0.25) is 0 Å². The van der Waals surface area contributed by atoms with E-state index < -0.39 is 5.97 Å². The molecule has 0 amide bonds. The van der Waals surface area contributed by atoms with E-state index in [4.69, 9.17) is 19.3 Å². The van der Waals surface area contributed by atoms with Crippen LogP contribution in [0.1, 0.15) is 43.7 Å². The lowest BCUT2D eigenvalue weighted by Crippen LogP contribution is -2.04. The number of halogens is 1. The molecule has 0 heterocycles. The first-order valence-electron chi connectivity index (χ1n) is 11.0. The molecule has 174 valence electrons. The van der Waals surface area contributed by atoms with E-state index in [0.717, 1.165) is 17.5 Å². The highest BCUT2D eigenvalue weighted by Crippen LogP contribution is 2.35. The van der Waals surface area contributed by atoms with E-state index in [1.165, 1.54) is 6.07 Å². The van der Waals surface area contributed by atoms with Crippen molar-refractivity contribution in [3.05, 3.63) is 77.6 Å². The lowest BCUT2D eigenvalue weighted by Gasteiger charge is -2.15. The lowest BCUT2D eigenvalue weighted by atomic mass is 9.98. The van der Waals surface area contributed by atoms with Crippen LogP contribution in [0, 0.1) is 5.82 Å². The Bertz CT molecular complexity index is 1100. The van der Waals surface area contributed by atoms with Gasteiger partial charge >= 0.3 is 5.97 Å². The number of rotatable bonds is 11. The number of methoxy groups -OCH3 is 1. The Balaban J connectivity index is 1.82. The molecule has 1 atom stereocenters. The zero-order chi connectivity index (χ0) is 23.8. The van der Waals surface area contributed by atoms with Crippen molar-refractivity contribution >= 4 is 5.97 Å². The molecule has 0 aromatic heterocycles. The van der Waals surface area contributed by atoms with Crippen molar-refractivity contribution in [1.82, 2.24) is 0 Å². The first kappa shape index (κ1) is 24.1. The molecule has 0 aliphatic carbocycles. The summed E-state index contributed by atoms with van der Waals surface area (Å²) in [5, 5.41) is 9.03. The maximum Gasteiger partial charge on any atom is 0.303 e. The zero-order valence-corrected chi connectivity index (χ0v) is 19.1. The third-order valence-corrected chi connectivity index (χ3v) is 5.28. The molecule has 0 aliphatic heterocycles. The molecule has 3 aromatic carbocycles. The molecular formula is C27H29FO5. The van der Waals surface area contributed by atoms with Gasteiger partial charge < -0.3 is 19.3 Å². The highest BCUT2D eigenvalue weighted by Gasteiger charge is 2.14. The molecule has 5 nitrogen and oxygen atoms in total. The van der Waals surface area contributed by atoms with Crippen LogP contribution in [0.25, 0.3) is 11.1 Å². The van der Waals surface area contributed by atoms with Crippen LogP contribution in [-0.4, -0.2) is 24.8 Å². The summed E-state index contributed by atoms with van der Waals surface area (Å²) in [5.74, 6) is 0.501. The van der Waals surface area contributed by atoms with Gasteiger partial charge in [-0.3, -0.25) is 4.79 Å². The average molecular weight is 453 g/mol. The van der Waals surface area contributed by atoms with Gasteiger partial charge in [-0.2, -0.15) is 0 Å². The lowest BCUT2D eigenvalue weighted by molar-refractivity contribution is -0.137. The Morgan fingerprint density at radius 1 is 1.00 bits per heavy atom. The summed E-state index contributed by atoms with van der Waals surface area (Å²) in [6.45, 7) is 4.69. The van der Waals surface area contributed by atoms with Gasteiger partial charge in [0, 0.05) is 11.1 Å². The molecule has 33 heavy (non-hydrogen) atoms. The van der Waals surface area contributed by atoms with Crippen molar-refractivity contribution in [2.24, 2.45) is 0 Å². The van der Waals surface area contributed by atoms with Crippen LogP contribution in [0.15, 0.2) is 60.7 Å². The molecular weight excluding hydrogens is 423 g/mol. The minimum absolute atomic E-state index is 0.0594. The van der Waals surface area contributed by atoms with Crippen molar-refractivity contribution < 1.29 is 28.5 Å². The predicted octanol–water partition coefficient (Wildman–Crippen LogP) is 6.45. The third-order valence-electron chi connectivity index (χ3n) is 5.28. The van der Waals surface area contributed by atoms with E-state index in [1.807, 2.05) is 56.3 Å². The van der Waals surface area contributed by atoms with Crippen LogP contribution in [0.5, 0.6) is 17.2 Å². The molecule has 3 aromatic rings. The molecule has 1 N–H and O–H groups in total. The number of benzene rings is 3. The Kier molecular flexibility index (Phi) is 8.30. The standard InChI is InChI=1S/C27H29FO5/c1-4-12-32-26-14-19(8-10-23(26)24-16-21(31-3)9-11-25(24)28)17-33-22-7-5-6-20(15-22)18(2)13-27(29)30/h5-11,14-16,18H,4,12-13,17H2,1-3H3,(H,29,30)/t18-/m0/s1. The maximum absolute atomic E-state index is 14.6. The highest BCUT2D eigenvalue weighted by atomic mass is 19.1. The third kappa shape index (κ3) is 6.48. The second-order valence-electron chi connectivity index (χ2n) is 7.88. The van der Waals surface area contributed by atoms with Gasteiger partial charge in [-0.25, -0.2) is 4.39 Å². The van der Waals surface area contributed by atoms with E-state index >= 15 is 0 Å². The molecule has 0 bridgehead atoms. The van der Waals surface area contributed by atoms with E-state index in [9.17, 15) is 9.18 Å². The van der Waals surface area contributed by atoms with Crippen LogP contribution in [0.4, 0.5) is 4.39 Å². The van der Waals surface area contributed by atoms with Crippen molar-refractivity contribution in [3.63, 3.8) is 0 Å². The Hall–Kier alpha value is -3.54. The summed E-state index contributed by atoms with van der Waals surface area (Å²) in [6, 6.07) is 17.6. The number of hydrogen-bond acceptors (Lipinski definition) is 4. The first-order valence-corrected chi connectivity index (χ1v) is 11.0. The Morgan fingerprint density at radius 2 is 1.82 bits per heavy atom. The first-order chi connectivity index (χ1) is 15.9. The average Bonchev–Trinajstić information content (AvgIpc) is 2.81. The predicted molar refractivity (Wildman–Crippen MR) is 126 cm³/mol. The zero-order valence-electron chi connectivity index (χ0n) is 19.1. The molecule has 0 unspecified atom stereocenters. The van der Waals surface area contributed by atoms with Gasteiger partial charge in [0.2, 0.25) is 0 Å². The van der Waals surface area contributed by atoms with E-state index in [0.29, 0.717) is 41.6 Å². The van der Waals surface area contributed by atoms with Crippen LogP contribution < -0.4 is 14.2 Å². The Labute approximate surface area is 193 Å². The van der Waals surface area contributed by atoms with Gasteiger partial charge in [-0.1, -0.05) is 38.1 Å². The molecule has 0 radical (unpaired) electrons. The number of hydrogen-bond donors (Lipinski definition) is 1. The molecule has 0 spiro atoms. The van der Waals surface area contributed by atoms with Gasteiger partial charge in [-0.15, -0.1) is 0 Å². The number of aliphatic carboxylic acids is 1. The fraction of sp³-hybridized carbons (Fsp3) is 0.296. The van der Waals surface area contributed by atoms with Crippen LogP contribution in [-0.2, 0) is 11.4 Å². The van der Waals surface area contributed by atoms with Gasteiger partial charge in [0.15, 0.2) is 0 Å². The maximum atomic E-state index is 14.6. The van der Waals surface area contributed by atoms with Gasteiger partial charge in [0.25, 0.3) is 0 Å². The monoisotopic (exact) mass is 452 g/mol. The summed E-state index contributed by atoms with van der Waals surface area (Å²) in [7, 11) is 1.55. The Morgan fingerprint density at radius 3 is 2.55 bits per heavy atom. The fourth-order valence-corrected chi connectivity index (χ4v) is 3.51. The second kappa shape index (κ2) is 11.4. The second-order valence-corrected chi connectivity index (χ2v) is 7.88.